The molecule has 0 atom stereocenters. The van der Waals surface area contributed by atoms with Crippen molar-refractivity contribution in [1.82, 2.24) is 4.90 Å². The summed E-state index contributed by atoms with van der Waals surface area (Å²) in [6.45, 7) is -0.991. The van der Waals surface area contributed by atoms with Crippen molar-refractivity contribution in [3.8, 4) is 12.1 Å². The van der Waals surface area contributed by atoms with Gasteiger partial charge < -0.3 is 4.90 Å². The van der Waals surface area contributed by atoms with Gasteiger partial charge in [0.05, 0.1) is 28.7 Å². The average molecular weight is 280 g/mol. The quantitative estimate of drug-likeness (QED) is 0.469. The molecule has 0 aliphatic heterocycles. The Bertz CT molecular complexity index is 632. The summed E-state index contributed by atoms with van der Waals surface area (Å²) in [4.78, 5) is 21.8. The number of carbonyl (C=O) groups is 1. The Labute approximate surface area is 111 Å². The number of halogens is 2. The van der Waals surface area contributed by atoms with Crippen LogP contribution < -0.4 is 0 Å². The lowest BCUT2D eigenvalue weighted by Gasteiger charge is -2.16. The van der Waals surface area contributed by atoms with Crippen molar-refractivity contribution in [2.45, 2.75) is 0 Å². The molecule has 1 amide bonds. The number of carbonyl (C=O) groups excluding carboxylic acids is 1. The predicted octanol–water partition coefficient (Wildman–Crippen LogP) is 1.36. The lowest BCUT2D eigenvalue weighted by atomic mass is 10.1. The molecule has 0 saturated heterocycles. The lowest BCUT2D eigenvalue weighted by molar-refractivity contribution is -0.387. The molecule has 0 unspecified atom stereocenters. The fourth-order valence-corrected chi connectivity index (χ4v) is 1.38. The van der Waals surface area contributed by atoms with Crippen molar-refractivity contribution in [1.29, 1.82) is 10.5 Å². The molecule has 0 N–H and O–H groups in total. The summed E-state index contributed by atoms with van der Waals surface area (Å²) in [5.41, 5.74) is -1.88. The van der Waals surface area contributed by atoms with E-state index < -0.39 is 46.8 Å². The average Bonchev–Trinajstić information content (AvgIpc) is 2.39. The second kappa shape index (κ2) is 6.20. The third-order valence-corrected chi connectivity index (χ3v) is 2.27. The summed E-state index contributed by atoms with van der Waals surface area (Å²) in [5.74, 6) is -3.78. The molecule has 20 heavy (non-hydrogen) atoms. The maximum absolute atomic E-state index is 13.6. The number of rotatable bonds is 4. The Morgan fingerprint density at radius 2 is 1.80 bits per heavy atom. The Kier molecular flexibility index (Phi) is 4.65. The van der Waals surface area contributed by atoms with Crippen LogP contribution in [0.3, 0.4) is 0 Å². The topological polar surface area (TPSA) is 111 Å². The summed E-state index contributed by atoms with van der Waals surface area (Å²) in [7, 11) is 0. The van der Waals surface area contributed by atoms with Gasteiger partial charge in [0.25, 0.3) is 5.91 Å². The smallest absolute Gasteiger partial charge is 0.307 e. The zero-order chi connectivity index (χ0) is 15.3. The molecule has 1 rings (SSSR count). The molecule has 0 aliphatic carbocycles. The van der Waals surface area contributed by atoms with Gasteiger partial charge in [-0.25, -0.2) is 4.39 Å². The molecular formula is C11H6F2N4O3. The summed E-state index contributed by atoms with van der Waals surface area (Å²) in [6, 6.07) is 3.84. The van der Waals surface area contributed by atoms with Crippen LogP contribution in [0.2, 0.25) is 0 Å². The Morgan fingerprint density at radius 3 is 2.25 bits per heavy atom. The Balaban J connectivity index is 3.23. The second-order valence-corrected chi connectivity index (χ2v) is 3.52. The first-order valence-electron chi connectivity index (χ1n) is 5.09. The third-order valence-electron chi connectivity index (χ3n) is 2.27. The fraction of sp³-hybridized carbons (Fsp3) is 0.182. The van der Waals surface area contributed by atoms with Gasteiger partial charge in [0.2, 0.25) is 5.82 Å². The molecule has 0 spiro atoms. The van der Waals surface area contributed by atoms with Crippen LogP contribution in [-0.2, 0) is 0 Å². The minimum atomic E-state index is -1.38. The van der Waals surface area contributed by atoms with Gasteiger partial charge in [-0.3, -0.25) is 14.9 Å². The van der Waals surface area contributed by atoms with Gasteiger partial charge in [-0.1, -0.05) is 0 Å². The number of amides is 1. The molecule has 0 bridgehead atoms. The monoisotopic (exact) mass is 280 g/mol. The van der Waals surface area contributed by atoms with Crippen molar-refractivity contribution < 1.29 is 18.5 Å². The second-order valence-electron chi connectivity index (χ2n) is 3.52. The van der Waals surface area contributed by atoms with Crippen molar-refractivity contribution in [3.63, 3.8) is 0 Å². The molecule has 1 aromatic carbocycles. The molecule has 9 heteroatoms. The Morgan fingerprint density at radius 1 is 1.25 bits per heavy atom. The molecule has 102 valence electrons. The standard InChI is InChI=1S/C11H6F2N4O3/c12-8-6-10(17(19)20)9(13)5-7(8)11(18)16(3-1-14)4-2-15/h5-6H,3-4H2. The van der Waals surface area contributed by atoms with Gasteiger partial charge in [0, 0.05) is 0 Å². The van der Waals surface area contributed by atoms with Crippen molar-refractivity contribution in [2.24, 2.45) is 0 Å². The predicted molar refractivity (Wildman–Crippen MR) is 60.1 cm³/mol. The lowest BCUT2D eigenvalue weighted by Crippen LogP contribution is -2.32. The number of benzene rings is 1. The van der Waals surface area contributed by atoms with E-state index >= 15 is 0 Å². The molecule has 1 aromatic rings. The van der Waals surface area contributed by atoms with Crippen LogP contribution in [0.15, 0.2) is 12.1 Å². The van der Waals surface area contributed by atoms with Crippen LogP contribution in [-0.4, -0.2) is 28.8 Å². The maximum atomic E-state index is 13.6. The molecule has 0 aliphatic rings. The molecule has 0 aromatic heterocycles. The van der Waals surface area contributed by atoms with Crippen LogP contribution in [0.25, 0.3) is 0 Å². The largest absolute Gasteiger partial charge is 0.312 e. The molecule has 0 radical (unpaired) electrons. The number of nitro benzene ring substituents is 1. The van der Waals surface area contributed by atoms with E-state index in [1.165, 1.54) is 0 Å². The van der Waals surface area contributed by atoms with Crippen LogP contribution >= 0.6 is 0 Å². The molecule has 7 nitrogen and oxygen atoms in total. The fourth-order valence-electron chi connectivity index (χ4n) is 1.38. The van der Waals surface area contributed by atoms with E-state index in [1.807, 2.05) is 0 Å². The summed E-state index contributed by atoms with van der Waals surface area (Å²) >= 11 is 0. The SMILES string of the molecule is N#CCN(CC#N)C(=O)c1cc(F)c([N+](=O)[O-])cc1F. The number of hydrogen-bond acceptors (Lipinski definition) is 5. The minimum Gasteiger partial charge on any atom is -0.312 e. The normalized spacial score (nSPS) is 9.40. The zero-order valence-corrected chi connectivity index (χ0v) is 9.84. The van der Waals surface area contributed by atoms with Crippen molar-refractivity contribution >= 4 is 11.6 Å². The highest BCUT2D eigenvalue weighted by Crippen LogP contribution is 2.22. The first-order valence-corrected chi connectivity index (χ1v) is 5.09. The van der Waals surface area contributed by atoms with E-state index in [0.29, 0.717) is 11.0 Å². The van der Waals surface area contributed by atoms with Gasteiger partial charge in [-0.15, -0.1) is 0 Å². The van der Waals surface area contributed by atoms with E-state index in [1.54, 1.807) is 12.1 Å². The highest BCUT2D eigenvalue weighted by molar-refractivity contribution is 5.95. The van der Waals surface area contributed by atoms with Crippen LogP contribution in [0.4, 0.5) is 14.5 Å². The number of nitro groups is 1. The van der Waals surface area contributed by atoms with E-state index in [4.69, 9.17) is 10.5 Å². The van der Waals surface area contributed by atoms with Gasteiger partial charge in [-0.05, 0) is 6.07 Å². The molecule has 0 heterocycles. The van der Waals surface area contributed by atoms with E-state index in [2.05, 4.69) is 0 Å². The zero-order valence-electron chi connectivity index (χ0n) is 9.84. The van der Waals surface area contributed by atoms with Gasteiger partial charge in [0.1, 0.15) is 18.9 Å². The van der Waals surface area contributed by atoms with Gasteiger partial charge in [-0.2, -0.15) is 14.9 Å². The third kappa shape index (κ3) is 3.03. The van der Waals surface area contributed by atoms with E-state index in [-0.39, 0.29) is 6.07 Å². The van der Waals surface area contributed by atoms with Gasteiger partial charge >= 0.3 is 5.69 Å². The number of hydrogen-bond donors (Lipinski definition) is 0. The van der Waals surface area contributed by atoms with E-state index in [9.17, 15) is 23.7 Å². The maximum Gasteiger partial charge on any atom is 0.307 e. The number of nitriles is 2. The molecular weight excluding hydrogens is 274 g/mol. The number of nitrogens with zero attached hydrogens (tertiary/aromatic N) is 4. The van der Waals surface area contributed by atoms with E-state index in [0.717, 1.165) is 0 Å². The minimum absolute atomic E-state index is 0.277. The highest BCUT2D eigenvalue weighted by Gasteiger charge is 2.25. The Hall–Kier alpha value is -3.07. The molecule has 0 fully saturated rings. The van der Waals surface area contributed by atoms with Crippen LogP contribution in [0, 0.1) is 44.4 Å². The summed E-state index contributed by atoms with van der Waals surface area (Å²) in [5, 5.41) is 27.4. The summed E-state index contributed by atoms with van der Waals surface area (Å²) in [6.07, 6.45) is 0. The summed E-state index contributed by atoms with van der Waals surface area (Å²) < 4.78 is 27.0. The van der Waals surface area contributed by atoms with Crippen LogP contribution in [0.5, 0.6) is 0 Å². The highest BCUT2D eigenvalue weighted by atomic mass is 19.1. The first kappa shape index (κ1) is 15.0. The van der Waals surface area contributed by atoms with Gasteiger partial charge in [0.15, 0.2) is 0 Å². The van der Waals surface area contributed by atoms with Crippen LogP contribution in [0.1, 0.15) is 10.4 Å². The first-order chi connectivity index (χ1) is 9.42. The van der Waals surface area contributed by atoms with Crippen molar-refractivity contribution in [3.05, 3.63) is 39.4 Å². The van der Waals surface area contributed by atoms with Crippen molar-refractivity contribution in [2.75, 3.05) is 13.1 Å². The molecule has 0 saturated carbocycles.